The van der Waals surface area contributed by atoms with Crippen LogP contribution in [-0.2, 0) is 13.6 Å². The summed E-state index contributed by atoms with van der Waals surface area (Å²) in [5.74, 6) is -0.0130. The Morgan fingerprint density at radius 1 is 1.16 bits per heavy atom. The van der Waals surface area contributed by atoms with Crippen molar-refractivity contribution in [2.45, 2.75) is 39.8 Å². The second-order valence-corrected chi connectivity index (χ2v) is 7.88. The Hall–Kier alpha value is -3.68. The maximum absolute atomic E-state index is 13.3. The highest BCUT2D eigenvalue weighted by Crippen LogP contribution is 2.15. The highest BCUT2D eigenvalue weighted by atomic mass is 16.2. The molecule has 2 aromatic heterocycles. The van der Waals surface area contributed by atoms with Crippen molar-refractivity contribution in [2.24, 2.45) is 7.05 Å². The van der Waals surface area contributed by atoms with E-state index in [0.29, 0.717) is 16.5 Å². The fraction of sp³-hybridized carbons (Fsp3) is 0.304. The van der Waals surface area contributed by atoms with Crippen molar-refractivity contribution >= 4 is 22.6 Å². The van der Waals surface area contributed by atoms with Gasteiger partial charge in [0.25, 0.3) is 11.5 Å². The van der Waals surface area contributed by atoms with E-state index < -0.39 is 0 Å². The number of nitrogens with zero attached hydrogens (tertiary/aromatic N) is 4. The summed E-state index contributed by atoms with van der Waals surface area (Å²) >= 11 is 0. The van der Waals surface area contributed by atoms with Crippen molar-refractivity contribution in [3.05, 3.63) is 80.0 Å². The van der Waals surface area contributed by atoms with Gasteiger partial charge in [-0.1, -0.05) is 31.2 Å². The summed E-state index contributed by atoms with van der Waals surface area (Å²) < 4.78 is 4.11. The molecule has 31 heavy (non-hydrogen) atoms. The molecule has 8 heteroatoms. The van der Waals surface area contributed by atoms with Gasteiger partial charge in [0.05, 0.1) is 17.4 Å². The van der Waals surface area contributed by atoms with Gasteiger partial charge in [0.2, 0.25) is 5.78 Å². The van der Waals surface area contributed by atoms with Crippen LogP contribution in [0.3, 0.4) is 0 Å². The largest absolute Gasteiger partial charge is 0.352 e. The first-order valence-corrected chi connectivity index (χ1v) is 10.3. The molecule has 0 saturated carbocycles. The number of hydrogen-bond donors (Lipinski definition) is 1. The summed E-state index contributed by atoms with van der Waals surface area (Å²) in [6.07, 6.45) is 0.801. The Morgan fingerprint density at radius 2 is 1.90 bits per heavy atom. The summed E-state index contributed by atoms with van der Waals surface area (Å²) in [5.41, 5.74) is 2.14. The average Bonchev–Trinajstić information content (AvgIpc) is 3.09. The fourth-order valence-electron chi connectivity index (χ4n) is 3.60. The maximum atomic E-state index is 13.3. The number of aromatic nitrogens is 4. The van der Waals surface area contributed by atoms with Gasteiger partial charge in [0, 0.05) is 18.7 Å². The molecule has 2 aromatic carbocycles. The standard InChI is InChI=1S/C23H25N5O3/c1-5-15(3)24-20(29)16-10-11-18-19(12-16)28-22(26(4)21(18)30)25-27(23(28)31)13-17-9-7-6-8-14(17)2/h6-12,15H,5,13H2,1-4H3,(H,24,29). The first-order valence-electron chi connectivity index (χ1n) is 10.3. The summed E-state index contributed by atoms with van der Waals surface area (Å²) in [7, 11) is 1.59. The molecule has 0 aliphatic rings. The first kappa shape index (κ1) is 20.6. The SMILES string of the molecule is CCC(C)NC(=O)c1ccc2c(=O)n(C)c3nn(Cc4ccccc4C)c(=O)n3c2c1. The average molecular weight is 419 g/mol. The predicted octanol–water partition coefficient (Wildman–Crippen LogP) is 2.23. The van der Waals surface area contributed by atoms with Crippen LogP contribution in [0.2, 0.25) is 0 Å². The highest BCUT2D eigenvalue weighted by molar-refractivity contribution is 5.98. The van der Waals surface area contributed by atoms with E-state index in [1.165, 1.54) is 13.6 Å². The van der Waals surface area contributed by atoms with Crippen LogP contribution < -0.4 is 16.6 Å². The summed E-state index contributed by atoms with van der Waals surface area (Å²) in [6.45, 7) is 6.18. The third-order valence-corrected chi connectivity index (χ3v) is 5.73. The lowest BCUT2D eigenvalue weighted by Crippen LogP contribution is -2.32. The molecule has 0 saturated heterocycles. The van der Waals surface area contributed by atoms with Crippen molar-refractivity contribution in [2.75, 3.05) is 0 Å². The predicted molar refractivity (Wildman–Crippen MR) is 120 cm³/mol. The molecular formula is C23H25N5O3. The fourth-order valence-corrected chi connectivity index (χ4v) is 3.60. The number of rotatable bonds is 5. The minimum Gasteiger partial charge on any atom is -0.350 e. The zero-order valence-electron chi connectivity index (χ0n) is 18.0. The van der Waals surface area contributed by atoms with E-state index in [0.717, 1.165) is 17.5 Å². The second kappa shape index (κ2) is 7.86. The van der Waals surface area contributed by atoms with Crippen molar-refractivity contribution in [1.29, 1.82) is 0 Å². The molecule has 0 aliphatic carbocycles. The van der Waals surface area contributed by atoms with E-state index in [1.807, 2.05) is 45.0 Å². The number of carbonyl (C=O) groups excluding carboxylic acids is 1. The van der Waals surface area contributed by atoms with Gasteiger partial charge in [-0.25, -0.2) is 13.9 Å². The molecule has 1 unspecified atom stereocenters. The highest BCUT2D eigenvalue weighted by Gasteiger charge is 2.18. The molecule has 4 rings (SSSR count). The monoisotopic (exact) mass is 419 g/mol. The van der Waals surface area contributed by atoms with Crippen molar-refractivity contribution in [3.8, 4) is 0 Å². The smallest absolute Gasteiger partial charge is 0.350 e. The Kier molecular flexibility index (Phi) is 5.22. The van der Waals surface area contributed by atoms with Crippen LogP contribution in [0.5, 0.6) is 0 Å². The molecule has 0 spiro atoms. The van der Waals surface area contributed by atoms with Crippen LogP contribution in [0.1, 0.15) is 41.8 Å². The van der Waals surface area contributed by atoms with Crippen molar-refractivity contribution < 1.29 is 4.79 Å². The molecule has 2 heterocycles. The molecule has 4 aromatic rings. The van der Waals surface area contributed by atoms with Gasteiger partial charge in [0.15, 0.2) is 0 Å². The molecule has 1 amide bonds. The van der Waals surface area contributed by atoms with Crippen LogP contribution in [0.15, 0.2) is 52.1 Å². The zero-order chi connectivity index (χ0) is 22.3. The van der Waals surface area contributed by atoms with Gasteiger partial charge in [0.1, 0.15) is 0 Å². The minimum atomic E-state index is -0.363. The van der Waals surface area contributed by atoms with Crippen LogP contribution in [0.25, 0.3) is 16.7 Å². The summed E-state index contributed by atoms with van der Waals surface area (Å²) in [5, 5.41) is 7.69. The van der Waals surface area contributed by atoms with Gasteiger partial charge in [-0.3, -0.25) is 14.2 Å². The van der Waals surface area contributed by atoms with E-state index >= 15 is 0 Å². The van der Waals surface area contributed by atoms with Crippen LogP contribution in [0.4, 0.5) is 0 Å². The Balaban J connectivity index is 1.92. The number of carbonyl (C=O) groups is 1. The molecule has 0 fully saturated rings. The van der Waals surface area contributed by atoms with E-state index in [2.05, 4.69) is 10.4 Å². The number of fused-ring (bicyclic) bond motifs is 3. The molecule has 0 aliphatic heterocycles. The van der Waals surface area contributed by atoms with Gasteiger partial charge in [-0.2, -0.15) is 0 Å². The number of amides is 1. The van der Waals surface area contributed by atoms with E-state index in [1.54, 1.807) is 25.2 Å². The van der Waals surface area contributed by atoms with Crippen molar-refractivity contribution in [1.82, 2.24) is 24.1 Å². The topological polar surface area (TPSA) is 90.4 Å². The van der Waals surface area contributed by atoms with Crippen molar-refractivity contribution in [3.63, 3.8) is 0 Å². The Labute approximate surface area is 178 Å². The zero-order valence-corrected chi connectivity index (χ0v) is 18.0. The Bertz CT molecular complexity index is 1430. The number of hydrogen-bond acceptors (Lipinski definition) is 4. The quantitative estimate of drug-likeness (QED) is 0.537. The third-order valence-electron chi connectivity index (χ3n) is 5.73. The molecule has 160 valence electrons. The number of benzene rings is 2. The number of nitrogens with one attached hydrogen (secondary N) is 1. The maximum Gasteiger partial charge on any atom is 0.352 e. The molecular weight excluding hydrogens is 394 g/mol. The van der Waals surface area contributed by atoms with Crippen LogP contribution in [-0.4, -0.2) is 30.7 Å². The van der Waals surface area contributed by atoms with E-state index in [-0.39, 0.29) is 35.5 Å². The summed E-state index contributed by atoms with van der Waals surface area (Å²) in [6, 6.07) is 12.6. The normalized spacial score (nSPS) is 12.4. The lowest BCUT2D eigenvalue weighted by molar-refractivity contribution is 0.0939. The van der Waals surface area contributed by atoms with Gasteiger partial charge < -0.3 is 5.32 Å². The van der Waals surface area contributed by atoms with Crippen LogP contribution >= 0.6 is 0 Å². The van der Waals surface area contributed by atoms with Crippen LogP contribution in [0, 0.1) is 6.92 Å². The Morgan fingerprint density at radius 3 is 2.61 bits per heavy atom. The lowest BCUT2D eigenvalue weighted by Gasteiger charge is -2.12. The van der Waals surface area contributed by atoms with Gasteiger partial charge in [-0.15, -0.1) is 5.10 Å². The van der Waals surface area contributed by atoms with Gasteiger partial charge in [-0.05, 0) is 49.6 Å². The van der Waals surface area contributed by atoms with E-state index in [9.17, 15) is 14.4 Å². The molecule has 0 bridgehead atoms. The van der Waals surface area contributed by atoms with E-state index in [4.69, 9.17) is 0 Å². The molecule has 8 nitrogen and oxygen atoms in total. The third kappa shape index (κ3) is 3.54. The molecule has 1 N–H and O–H groups in total. The molecule has 0 radical (unpaired) electrons. The number of aryl methyl sites for hydroxylation is 2. The lowest BCUT2D eigenvalue weighted by atomic mass is 10.1. The molecule has 1 atom stereocenters. The second-order valence-electron chi connectivity index (χ2n) is 7.88. The van der Waals surface area contributed by atoms with Gasteiger partial charge >= 0.3 is 5.69 Å². The minimum absolute atomic E-state index is 0.0199. The summed E-state index contributed by atoms with van der Waals surface area (Å²) in [4.78, 5) is 38.8. The first-order chi connectivity index (χ1) is 14.8.